The Morgan fingerprint density at radius 3 is 2.49 bits per heavy atom. The Bertz CT molecular complexity index is 1190. The first-order chi connectivity index (χ1) is 20.0. The van der Waals surface area contributed by atoms with E-state index in [0.717, 1.165) is 24.8 Å². The highest BCUT2D eigenvalue weighted by Gasteiger charge is 2.46. The van der Waals surface area contributed by atoms with Gasteiger partial charge in [0, 0.05) is 31.7 Å². The number of morpholine rings is 1. The molecular formula is C31H39N5O5. The predicted molar refractivity (Wildman–Crippen MR) is 152 cm³/mol. The number of nitriles is 1. The number of rotatable bonds is 7. The Morgan fingerprint density at radius 2 is 1.80 bits per heavy atom. The molecule has 10 nitrogen and oxygen atoms in total. The molecule has 3 fully saturated rings. The number of fused-ring (bicyclic) bond motifs is 1. The molecule has 0 bridgehead atoms. The van der Waals surface area contributed by atoms with Gasteiger partial charge in [0.2, 0.25) is 11.8 Å². The lowest BCUT2D eigenvalue weighted by Gasteiger charge is -2.40. The van der Waals surface area contributed by atoms with E-state index in [0.29, 0.717) is 39.3 Å². The van der Waals surface area contributed by atoms with Crippen LogP contribution >= 0.6 is 0 Å². The van der Waals surface area contributed by atoms with E-state index in [4.69, 9.17) is 20.4 Å². The highest BCUT2D eigenvalue weighted by atomic mass is 16.5. The van der Waals surface area contributed by atoms with Crippen molar-refractivity contribution in [3.05, 3.63) is 71.8 Å². The minimum Gasteiger partial charge on any atom is -0.483 e. The monoisotopic (exact) mass is 561 g/mol. The largest absolute Gasteiger partial charge is 0.483 e. The lowest BCUT2D eigenvalue weighted by atomic mass is 10.0. The van der Waals surface area contributed by atoms with Crippen LogP contribution < -0.4 is 5.73 Å². The fraction of sp³-hybridized carbons (Fsp3) is 0.484. The van der Waals surface area contributed by atoms with Gasteiger partial charge in [0.15, 0.2) is 0 Å². The summed E-state index contributed by atoms with van der Waals surface area (Å²) < 4.78 is 5.73. The number of hydrogen-bond donors (Lipinski definition) is 2. The Labute approximate surface area is 241 Å². The molecule has 5 atom stereocenters. The molecule has 0 aromatic heterocycles. The van der Waals surface area contributed by atoms with E-state index in [1.165, 1.54) is 5.56 Å². The zero-order valence-corrected chi connectivity index (χ0v) is 23.3. The second kappa shape index (κ2) is 14.7. The first kappa shape index (κ1) is 30.2. The Hall–Kier alpha value is -3.78. The lowest BCUT2D eigenvalue weighted by Crippen LogP contribution is -2.56. The third-order valence-corrected chi connectivity index (χ3v) is 8.26. The van der Waals surface area contributed by atoms with Crippen molar-refractivity contribution in [3.8, 4) is 6.07 Å². The van der Waals surface area contributed by atoms with Crippen molar-refractivity contribution in [2.24, 2.45) is 5.73 Å². The number of carboxylic acid groups (broad SMARTS) is 1. The van der Waals surface area contributed by atoms with E-state index < -0.39 is 6.04 Å². The minimum atomic E-state index is -0.816. The Balaban J connectivity index is 0.00000124. The summed E-state index contributed by atoms with van der Waals surface area (Å²) in [7, 11) is 0. The molecule has 0 spiro atoms. The smallest absolute Gasteiger partial charge is 0.290 e. The number of amides is 2. The molecule has 10 heteroatoms. The summed E-state index contributed by atoms with van der Waals surface area (Å²) in [5.74, 6) is -0.244. The number of nitrogens with two attached hydrogens (primary N) is 1. The van der Waals surface area contributed by atoms with Crippen LogP contribution in [-0.4, -0.2) is 95.1 Å². The highest BCUT2D eigenvalue weighted by molar-refractivity contribution is 5.91. The van der Waals surface area contributed by atoms with Gasteiger partial charge in [-0.2, -0.15) is 5.26 Å². The average molecular weight is 562 g/mol. The molecular weight excluding hydrogens is 522 g/mol. The summed E-state index contributed by atoms with van der Waals surface area (Å²) >= 11 is 0. The van der Waals surface area contributed by atoms with E-state index in [2.05, 4.69) is 35.2 Å². The number of ether oxygens (including phenoxy) is 1. The summed E-state index contributed by atoms with van der Waals surface area (Å²) in [5, 5.41) is 16.6. The topological polar surface area (TPSA) is 140 Å². The van der Waals surface area contributed by atoms with E-state index in [9.17, 15) is 14.9 Å². The number of carbonyl (C=O) groups excluding carboxylic acids is 2. The van der Waals surface area contributed by atoms with E-state index in [-0.39, 0.29) is 48.9 Å². The summed E-state index contributed by atoms with van der Waals surface area (Å²) in [6, 6.07) is 21.1. The van der Waals surface area contributed by atoms with Crippen LogP contribution in [0.25, 0.3) is 0 Å². The lowest BCUT2D eigenvalue weighted by molar-refractivity contribution is -0.152. The van der Waals surface area contributed by atoms with Crippen LogP contribution in [0, 0.1) is 11.3 Å². The summed E-state index contributed by atoms with van der Waals surface area (Å²) in [6.07, 6.45) is 3.14. The van der Waals surface area contributed by atoms with Gasteiger partial charge >= 0.3 is 0 Å². The summed E-state index contributed by atoms with van der Waals surface area (Å²) in [4.78, 5) is 42.2. The van der Waals surface area contributed by atoms with Gasteiger partial charge in [-0.25, -0.2) is 0 Å². The van der Waals surface area contributed by atoms with Crippen molar-refractivity contribution >= 4 is 18.3 Å². The molecule has 218 valence electrons. The molecule has 2 aromatic rings. The molecule has 5 rings (SSSR count). The number of nitrogens with zero attached hydrogens (tertiary/aromatic N) is 4. The van der Waals surface area contributed by atoms with Gasteiger partial charge in [-0.05, 0) is 36.8 Å². The van der Waals surface area contributed by atoms with Crippen molar-refractivity contribution in [2.75, 3.05) is 32.8 Å². The van der Waals surface area contributed by atoms with Crippen molar-refractivity contribution < 1.29 is 24.2 Å². The summed E-state index contributed by atoms with van der Waals surface area (Å²) in [5.41, 5.74) is 8.63. The first-order valence-electron chi connectivity index (χ1n) is 14.2. The van der Waals surface area contributed by atoms with Crippen molar-refractivity contribution in [3.63, 3.8) is 0 Å². The molecule has 0 saturated carbocycles. The van der Waals surface area contributed by atoms with Crippen molar-refractivity contribution in [1.82, 2.24) is 14.7 Å². The number of benzene rings is 2. The molecule has 0 radical (unpaired) electrons. The molecule has 2 amide bonds. The third kappa shape index (κ3) is 7.30. The minimum absolute atomic E-state index is 0.0309. The fourth-order valence-corrected chi connectivity index (χ4v) is 6.32. The molecule has 41 heavy (non-hydrogen) atoms. The second-order valence-electron chi connectivity index (χ2n) is 10.7. The molecule has 3 aliphatic heterocycles. The average Bonchev–Trinajstić information content (AvgIpc) is 3.35. The van der Waals surface area contributed by atoms with Crippen molar-refractivity contribution in [2.45, 2.75) is 62.3 Å². The van der Waals surface area contributed by atoms with Gasteiger partial charge in [-0.3, -0.25) is 19.3 Å². The van der Waals surface area contributed by atoms with Gasteiger partial charge in [0.1, 0.15) is 6.04 Å². The fourth-order valence-electron chi connectivity index (χ4n) is 6.32. The molecule has 3 saturated heterocycles. The van der Waals surface area contributed by atoms with Gasteiger partial charge in [0.05, 0.1) is 37.8 Å². The Kier molecular flexibility index (Phi) is 10.8. The number of carbonyl (C=O) groups is 3. The second-order valence-corrected chi connectivity index (χ2v) is 10.7. The van der Waals surface area contributed by atoms with Crippen molar-refractivity contribution in [1.29, 1.82) is 5.26 Å². The maximum Gasteiger partial charge on any atom is 0.290 e. The van der Waals surface area contributed by atoms with E-state index >= 15 is 0 Å². The molecule has 3 N–H and O–H groups in total. The molecule has 3 heterocycles. The molecule has 2 aromatic carbocycles. The van der Waals surface area contributed by atoms with Gasteiger partial charge in [-0.15, -0.1) is 0 Å². The van der Waals surface area contributed by atoms with Gasteiger partial charge in [-0.1, -0.05) is 60.7 Å². The summed E-state index contributed by atoms with van der Waals surface area (Å²) in [6.45, 7) is 2.16. The maximum atomic E-state index is 14.1. The highest BCUT2D eigenvalue weighted by Crippen LogP contribution is 2.32. The number of hydrogen-bond acceptors (Lipinski definition) is 7. The first-order valence-corrected chi connectivity index (χ1v) is 14.2. The molecule has 1 unspecified atom stereocenters. The van der Waals surface area contributed by atoms with Gasteiger partial charge in [0.25, 0.3) is 6.47 Å². The maximum absolute atomic E-state index is 14.1. The Morgan fingerprint density at radius 1 is 1.12 bits per heavy atom. The van der Waals surface area contributed by atoms with Crippen LogP contribution in [0.3, 0.4) is 0 Å². The standard InChI is InChI=1S/C30H37N5O3.CH2O2/c31-15-13-26(29(36)34-17-18-38-21-28(34)23-9-5-2-6-10-23)33-16-14-25(12-11-22-7-3-1-4-8-22)35-20-24(32)19-27(35)30(33)37;2-1-3/h1-10,24-28H,11-14,16-21,32H2;1H,(H,2,3)/t24-,25?,26-,27+,28-;/m1./s1. The zero-order valence-electron chi connectivity index (χ0n) is 23.3. The van der Waals surface area contributed by atoms with Crippen LogP contribution in [0.1, 0.15) is 42.9 Å². The van der Waals surface area contributed by atoms with Crippen LogP contribution in [0.5, 0.6) is 0 Å². The van der Waals surface area contributed by atoms with Gasteiger partial charge < -0.3 is 25.4 Å². The van der Waals surface area contributed by atoms with E-state index in [1.54, 1.807) is 4.90 Å². The van der Waals surface area contributed by atoms with Crippen LogP contribution in [-0.2, 0) is 25.5 Å². The van der Waals surface area contributed by atoms with E-state index in [1.807, 2.05) is 41.3 Å². The molecule has 3 aliphatic rings. The predicted octanol–water partition coefficient (Wildman–Crippen LogP) is 2.20. The van der Waals surface area contributed by atoms with Crippen LogP contribution in [0.2, 0.25) is 0 Å². The third-order valence-electron chi connectivity index (χ3n) is 8.26. The van der Waals surface area contributed by atoms with Crippen LogP contribution in [0.15, 0.2) is 60.7 Å². The van der Waals surface area contributed by atoms with Crippen LogP contribution in [0.4, 0.5) is 0 Å². The quantitative estimate of drug-likeness (QED) is 0.491. The normalized spacial score (nSPS) is 25.2. The zero-order chi connectivity index (χ0) is 29.2. The number of aryl methyl sites for hydroxylation is 1. The SMILES string of the molecule is N#CC[C@H](C(=O)N1CCOC[C@@H]1c1ccccc1)N1CCC(CCc2ccccc2)N2C[C@H](N)C[C@H]2C1=O.O=CO. The molecule has 0 aliphatic carbocycles.